The number of anilines is 2. The van der Waals surface area contributed by atoms with Crippen molar-refractivity contribution >= 4 is 28.9 Å². The van der Waals surface area contributed by atoms with Crippen LogP contribution in [0.5, 0.6) is 11.5 Å². The Morgan fingerprint density at radius 1 is 1.16 bits per heavy atom. The average Bonchev–Trinajstić information content (AvgIpc) is 2.56. The van der Waals surface area contributed by atoms with Crippen molar-refractivity contribution in [3.05, 3.63) is 47.5 Å². The van der Waals surface area contributed by atoms with Crippen LogP contribution in [0.15, 0.2) is 42.5 Å². The third-order valence-corrected chi connectivity index (χ3v) is 3.58. The summed E-state index contributed by atoms with van der Waals surface area (Å²) in [7, 11) is 1.55. The number of nitrogens with one attached hydrogen (secondary N) is 2. The molecule has 6 heteroatoms. The SMILES string of the molecule is COc1ccc(Cl)cc1NC(=O)CCNc1ccc(OC(C)C)cc1. The molecular weight excluding hydrogens is 340 g/mol. The van der Waals surface area contributed by atoms with Crippen LogP contribution < -0.4 is 20.1 Å². The number of rotatable bonds is 8. The van der Waals surface area contributed by atoms with Gasteiger partial charge in [-0.05, 0) is 56.3 Å². The monoisotopic (exact) mass is 362 g/mol. The number of carbonyl (C=O) groups is 1. The quantitative estimate of drug-likeness (QED) is 0.721. The van der Waals surface area contributed by atoms with E-state index in [1.807, 2.05) is 38.1 Å². The van der Waals surface area contributed by atoms with E-state index in [4.69, 9.17) is 21.1 Å². The van der Waals surface area contributed by atoms with Gasteiger partial charge in [-0.1, -0.05) is 11.6 Å². The maximum Gasteiger partial charge on any atom is 0.226 e. The highest BCUT2D eigenvalue weighted by Gasteiger charge is 2.08. The third-order valence-electron chi connectivity index (χ3n) is 3.34. The summed E-state index contributed by atoms with van der Waals surface area (Å²) in [6.45, 7) is 4.48. The van der Waals surface area contributed by atoms with Crippen LogP contribution >= 0.6 is 11.6 Å². The molecule has 0 bridgehead atoms. The van der Waals surface area contributed by atoms with E-state index < -0.39 is 0 Å². The first-order chi connectivity index (χ1) is 12.0. The lowest BCUT2D eigenvalue weighted by Crippen LogP contribution is -2.16. The summed E-state index contributed by atoms with van der Waals surface area (Å²) in [4.78, 5) is 12.1. The predicted molar refractivity (Wildman–Crippen MR) is 102 cm³/mol. The first-order valence-electron chi connectivity index (χ1n) is 8.12. The van der Waals surface area contributed by atoms with Crippen molar-refractivity contribution in [3.63, 3.8) is 0 Å². The molecule has 134 valence electrons. The van der Waals surface area contributed by atoms with Crippen molar-refractivity contribution < 1.29 is 14.3 Å². The van der Waals surface area contributed by atoms with E-state index in [-0.39, 0.29) is 12.0 Å². The van der Waals surface area contributed by atoms with Crippen LogP contribution in [0.25, 0.3) is 0 Å². The Labute approximate surface area is 153 Å². The standard InChI is InChI=1S/C19H23ClN2O3/c1-13(2)25-16-7-5-15(6-8-16)21-11-10-19(23)22-17-12-14(20)4-9-18(17)24-3/h4-9,12-13,21H,10-11H2,1-3H3,(H,22,23). The molecule has 5 nitrogen and oxygen atoms in total. The summed E-state index contributed by atoms with van der Waals surface area (Å²) in [6, 6.07) is 12.8. The number of amides is 1. The minimum absolute atomic E-state index is 0.118. The van der Waals surface area contributed by atoms with Gasteiger partial charge in [-0.25, -0.2) is 0 Å². The van der Waals surface area contributed by atoms with Gasteiger partial charge in [0.15, 0.2) is 0 Å². The lowest BCUT2D eigenvalue weighted by atomic mass is 10.2. The first kappa shape index (κ1) is 18.9. The Morgan fingerprint density at radius 2 is 1.88 bits per heavy atom. The summed E-state index contributed by atoms with van der Waals surface area (Å²) in [6.07, 6.45) is 0.464. The van der Waals surface area contributed by atoms with Crippen molar-refractivity contribution in [2.75, 3.05) is 24.3 Å². The van der Waals surface area contributed by atoms with Gasteiger partial charge >= 0.3 is 0 Å². The first-order valence-corrected chi connectivity index (χ1v) is 8.49. The topological polar surface area (TPSA) is 59.6 Å². The largest absolute Gasteiger partial charge is 0.495 e. The minimum atomic E-state index is -0.118. The van der Waals surface area contributed by atoms with Crippen LogP contribution in [0, 0.1) is 0 Å². The molecule has 0 aromatic heterocycles. The molecule has 0 aliphatic carbocycles. The van der Waals surface area contributed by atoms with Crippen molar-refractivity contribution in [2.45, 2.75) is 26.4 Å². The summed E-state index contributed by atoms with van der Waals surface area (Å²) in [5.74, 6) is 1.28. The molecule has 0 aliphatic rings. The molecule has 2 rings (SSSR count). The molecule has 2 aromatic rings. The number of methoxy groups -OCH3 is 1. The van der Waals surface area contributed by atoms with E-state index in [2.05, 4.69) is 10.6 Å². The summed E-state index contributed by atoms with van der Waals surface area (Å²) in [5.41, 5.74) is 1.50. The fourth-order valence-electron chi connectivity index (χ4n) is 2.23. The second-order valence-corrected chi connectivity index (χ2v) is 6.20. The molecule has 0 radical (unpaired) electrons. The second-order valence-electron chi connectivity index (χ2n) is 5.76. The van der Waals surface area contributed by atoms with Gasteiger partial charge in [-0.15, -0.1) is 0 Å². The van der Waals surface area contributed by atoms with Gasteiger partial charge in [-0.3, -0.25) is 4.79 Å². The maximum atomic E-state index is 12.1. The number of ether oxygens (including phenoxy) is 2. The summed E-state index contributed by atoms with van der Waals surface area (Å²) in [5, 5.41) is 6.56. The Morgan fingerprint density at radius 3 is 2.52 bits per heavy atom. The highest BCUT2D eigenvalue weighted by molar-refractivity contribution is 6.31. The molecule has 0 saturated carbocycles. The predicted octanol–water partition coefficient (Wildman–Crippen LogP) is 4.58. The van der Waals surface area contributed by atoms with E-state index in [1.165, 1.54) is 0 Å². The van der Waals surface area contributed by atoms with E-state index in [0.29, 0.717) is 29.4 Å². The summed E-state index contributed by atoms with van der Waals surface area (Å²) < 4.78 is 10.8. The Hall–Kier alpha value is -2.40. The fraction of sp³-hybridized carbons (Fsp3) is 0.316. The molecule has 0 aliphatic heterocycles. The van der Waals surface area contributed by atoms with E-state index in [1.54, 1.807) is 25.3 Å². The number of benzene rings is 2. The van der Waals surface area contributed by atoms with Gasteiger partial charge < -0.3 is 20.1 Å². The number of hydrogen-bond donors (Lipinski definition) is 2. The van der Waals surface area contributed by atoms with Crippen LogP contribution in [-0.2, 0) is 4.79 Å². The molecular formula is C19H23ClN2O3. The number of hydrogen-bond acceptors (Lipinski definition) is 4. The maximum absolute atomic E-state index is 12.1. The van der Waals surface area contributed by atoms with Crippen molar-refractivity contribution in [3.8, 4) is 11.5 Å². The van der Waals surface area contributed by atoms with Crippen molar-refractivity contribution in [1.29, 1.82) is 0 Å². The zero-order valence-electron chi connectivity index (χ0n) is 14.6. The van der Waals surface area contributed by atoms with Gasteiger partial charge in [0.1, 0.15) is 11.5 Å². The van der Waals surface area contributed by atoms with E-state index in [0.717, 1.165) is 11.4 Å². The molecule has 2 N–H and O–H groups in total. The Kier molecular flexibility index (Phi) is 6.95. The lowest BCUT2D eigenvalue weighted by molar-refractivity contribution is -0.116. The van der Waals surface area contributed by atoms with Crippen LogP contribution in [0.4, 0.5) is 11.4 Å². The second kappa shape index (κ2) is 9.18. The zero-order chi connectivity index (χ0) is 18.2. The van der Waals surface area contributed by atoms with Crippen LogP contribution in [0.1, 0.15) is 20.3 Å². The highest BCUT2D eigenvalue weighted by Crippen LogP contribution is 2.27. The number of halogens is 1. The fourth-order valence-corrected chi connectivity index (χ4v) is 2.41. The van der Waals surface area contributed by atoms with Gasteiger partial charge in [0.05, 0.1) is 18.9 Å². The Balaban J connectivity index is 1.81. The van der Waals surface area contributed by atoms with Crippen LogP contribution in [0.2, 0.25) is 5.02 Å². The molecule has 0 unspecified atom stereocenters. The van der Waals surface area contributed by atoms with Crippen LogP contribution in [-0.4, -0.2) is 25.7 Å². The zero-order valence-corrected chi connectivity index (χ0v) is 15.4. The molecule has 0 spiro atoms. The van der Waals surface area contributed by atoms with Gasteiger partial charge in [0.2, 0.25) is 5.91 Å². The molecule has 2 aromatic carbocycles. The molecule has 0 fully saturated rings. The molecule has 0 heterocycles. The van der Waals surface area contributed by atoms with Gasteiger partial charge in [0, 0.05) is 23.7 Å². The molecule has 0 atom stereocenters. The minimum Gasteiger partial charge on any atom is -0.495 e. The van der Waals surface area contributed by atoms with Gasteiger partial charge in [-0.2, -0.15) is 0 Å². The smallest absolute Gasteiger partial charge is 0.226 e. The lowest BCUT2D eigenvalue weighted by Gasteiger charge is -2.12. The average molecular weight is 363 g/mol. The molecule has 25 heavy (non-hydrogen) atoms. The molecule has 0 saturated heterocycles. The third kappa shape index (κ3) is 6.19. The highest BCUT2D eigenvalue weighted by atomic mass is 35.5. The van der Waals surface area contributed by atoms with E-state index in [9.17, 15) is 4.79 Å². The Bertz CT molecular complexity index is 702. The van der Waals surface area contributed by atoms with Crippen molar-refractivity contribution in [1.82, 2.24) is 0 Å². The van der Waals surface area contributed by atoms with Crippen LogP contribution in [0.3, 0.4) is 0 Å². The van der Waals surface area contributed by atoms with Crippen molar-refractivity contribution in [2.24, 2.45) is 0 Å². The van der Waals surface area contributed by atoms with Gasteiger partial charge in [0.25, 0.3) is 0 Å². The van der Waals surface area contributed by atoms with E-state index >= 15 is 0 Å². The number of carbonyl (C=O) groups excluding carboxylic acids is 1. The normalized spacial score (nSPS) is 10.4. The summed E-state index contributed by atoms with van der Waals surface area (Å²) >= 11 is 5.96. The molecule has 1 amide bonds.